The highest BCUT2D eigenvalue weighted by Crippen LogP contribution is 2.37. The van der Waals surface area contributed by atoms with Crippen LogP contribution in [0.5, 0.6) is 0 Å². The number of amides is 2. The number of thiophene rings is 1. The fraction of sp³-hybridized carbons (Fsp3) is 0.182. The minimum Gasteiger partial charge on any atom is -0.383 e. The van der Waals surface area contributed by atoms with Gasteiger partial charge in [-0.25, -0.2) is 0 Å². The third kappa shape index (κ3) is 6.93. The highest BCUT2D eigenvalue weighted by Gasteiger charge is 2.20. The number of anilines is 3. The Morgan fingerprint density at radius 2 is 1.65 bits per heavy atom. The van der Waals surface area contributed by atoms with Crippen LogP contribution >= 0.6 is 11.3 Å². The summed E-state index contributed by atoms with van der Waals surface area (Å²) in [5.41, 5.74) is 11.7. The van der Waals surface area contributed by atoms with E-state index in [1.807, 2.05) is 50.2 Å². The Kier molecular flexibility index (Phi) is 9.65. The van der Waals surface area contributed by atoms with Crippen LogP contribution in [0.2, 0.25) is 0 Å². The molecule has 6 nitrogen and oxygen atoms in total. The molecule has 5 rings (SSSR count). The van der Waals surface area contributed by atoms with Crippen molar-refractivity contribution in [3.05, 3.63) is 107 Å². The first kappa shape index (κ1) is 28.5. The number of nitrogens with two attached hydrogens (primary N) is 1. The lowest BCUT2D eigenvalue weighted by Gasteiger charge is -2.31. The third-order valence-electron chi connectivity index (χ3n) is 6.29. The summed E-state index contributed by atoms with van der Waals surface area (Å²) in [5.74, 6) is -1.01. The first-order valence-corrected chi connectivity index (χ1v) is 14.3. The summed E-state index contributed by atoms with van der Waals surface area (Å²) in [6.07, 6.45) is 3.81. The molecule has 3 N–H and O–H groups in total. The number of hydrogen-bond donors (Lipinski definition) is 2. The fourth-order valence-electron chi connectivity index (χ4n) is 4.56. The van der Waals surface area contributed by atoms with E-state index < -0.39 is 11.8 Å². The van der Waals surface area contributed by atoms with Gasteiger partial charge in [-0.1, -0.05) is 56.3 Å². The van der Waals surface area contributed by atoms with Gasteiger partial charge in [0.15, 0.2) is 0 Å². The number of benzene rings is 3. The predicted molar refractivity (Wildman–Crippen MR) is 168 cm³/mol. The summed E-state index contributed by atoms with van der Waals surface area (Å²) < 4.78 is 0. The van der Waals surface area contributed by atoms with Crippen molar-refractivity contribution in [3.8, 4) is 10.4 Å². The standard InChI is InChI=1S/C31H28N4O2S.C2H6/c1-21(36)33-30(32)27(31(37)34-24-10-4-2-5-11-24)20-26-15-17-29(38-26)23-14-16-28-22(19-23)9-8-18-35(28)25-12-6-3-7-13-25;1-2/h2-7,10-17,19-20H,8-9,18H2,1H3,(H,34,37)(H2,32,33,36);1-2H3/b27-20-;. The lowest BCUT2D eigenvalue weighted by molar-refractivity contribution is -0.115. The maximum absolute atomic E-state index is 13.1. The molecule has 0 spiro atoms. The van der Waals surface area contributed by atoms with Crippen LogP contribution in [-0.4, -0.2) is 24.2 Å². The lowest BCUT2D eigenvalue weighted by Crippen LogP contribution is -2.26. The second-order valence-corrected chi connectivity index (χ2v) is 10.1. The van der Waals surface area contributed by atoms with Crippen LogP contribution in [0.25, 0.3) is 16.5 Å². The van der Waals surface area contributed by atoms with Crippen LogP contribution in [0.3, 0.4) is 0 Å². The molecule has 0 bridgehead atoms. The maximum atomic E-state index is 13.1. The van der Waals surface area contributed by atoms with Gasteiger partial charge >= 0.3 is 0 Å². The molecule has 40 heavy (non-hydrogen) atoms. The Morgan fingerprint density at radius 3 is 2.35 bits per heavy atom. The van der Waals surface area contributed by atoms with E-state index in [1.54, 1.807) is 29.5 Å². The molecule has 3 aromatic carbocycles. The molecule has 0 saturated heterocycles. The highest BCUT2D eigenvalue weighted by atomic mass is 32.1. The number of rotatable bonds is 6. The van der Waals surface area contributed by atoms with E-state index in [9.17, 15) is 9.59 Å². The van der Waals surface area contributed by atoms with Crippen LogP contribution in [0.4, 0.5) is 17.1 Å². The molecule has 0 radical (unpaired) electrons. The van der Waals surface area contributed by atoms with E-state index in [1.165, 1.54) is 23.9 Å². The van der Waals surface area contributed by atoms with Crippen LogP contribution in [-0.2, 0) is 16.0 Å². The molecule has 1 aliphatic heterocycles. The van der Waals surface area contributed by atoms with Crippen molar-refractivity contribution in [1.29, 1.82) is 0 Å². The van der Waals surface area contributed by atoms with Gasteiger partial charge in [-0.05, 0) is 78.6 Å². The normalized spacial score (nSPS) is 13.1. The maximum Gasteiger partial charge on any atom is 0.259 e. The third-order valence-corrected chi connectivity index (χ3v) is 7.38. The van der Waals surface area contributed by atoms with Crippen molar-refractivity contribution in [3.63, 3.8) is 0 Å². The molecule has 4 aromatic rings. The molecule has 1 aliphatic rings. The number of nitrogens with one attached hydrogen (secondary N) is 1. The zero-order valence-corrected chi connectivity index (χ0v) is 23.9. The van der Waals surface area contributed by atoms with Gasteiger partial charge in [-0.15, -0.1) is 11.3 Å². The van der Waals surface area contributed by atoms with Gasteiger partial charge in [0.1, 0.15) is 5.84 Å². The average Bonchev–Trinajstić information content (AvgIpc) is 3.46. The largest absolute Gasteiger partial charge is 0.383 e. The zero-order chi connectivity index (χ0) is 28.5. The number of fused-ring (bicyclic) bond motifs is 1. The predicted octanol–water partition coefficient (Wildman–Crippen LogP) is 7.45. The number of amidine groups is 1. The van der Waals surface area contributed by atoms with E-state index in [0.29, 0.717) is 5.69 Å². The number of aryl methyl sites for hydroxylation is 1. The van der Waals surface area contributed by atoms with Crippen molar-refractivity contribution in [2.75, 3.05) is 16.8 Å². The minimum absolute atomic E-state index is 0.115. The molecule has 1 aromatic heterocycles. The quantitative estimate of drug-likeness (QED) is 0.148. The zero-order valence-electron chi connectivity index (χ0n) is 23.1. The van der Waals surface area contributed by atoms with Gasteiger partial charge in [0.25, 0.3) is 5.91 Å². The minimum atomic E-state index is -0.466. The van der Waals surface area contributed by atoms with Gasteiger partial charge < -0.3 is 16.0 Å². The van der Waals surface area contributed by atoms with E-state index in [2.05, 4.69) is 57.7 Å². The number of nitrogens with zero attached hydrogens (tertiary/aromatic N) is 2. The van der Waals surface area contributed by atoms with Crippen LogP contribution in [0.1, 0.15) is 37.6 Å². The first-order valence-electron chi connectivity index (χ1n) is 13.5. The van der Waals surface area contributed by atoms with Gasteiger partial charge in [0, 0.05) is 40.3 Å². The Balaban J connectivity index is 0.00000181. The molecule has 0 fully saturated rings. The van der Waals surface area contributed by atoms with Crippen molar-refractivity contribution < 1.29 is 9.59 Å². The summed E-state index contributed by atoms with van der Waals surface area (Å²) >= 11 is 1.56. The van der Waals surface area contributed by atoms with Crippen molar-refractivity contribution in [1.82, 2.24) is 0 Å². The second-order valence-electron chi connectivity index (χ2n) is 9.03. The van der Waals surface area contributed by atoms with E-state index >= 15 is 0 Å². The molecule has 0 unspecified atom stereocenters. The lowest BCUT2D eigenvalue weighted by atomic mass is 9.98. The summed E-state index contributed by atoms with van der Waals surface area (Å²) in [6, 6.07) is 30.2. The number of carbonyl (C=O) groups is 2. The number of para-hydroxylation sites is 2. The van der Waals surface area contributed by atoms with Gasteiger partial charge in [0.2, 0.25) is 5.91 Å². The molecule has 204 valence electrons. The van der Waals surface area contributed by atoms with Gasteiger partial charge in [0.05, 0.1) is 5.57 Å². The van der Waals surface area contributed by atoms with E-state index in [-0.39, 0.29) is 11.4 Å². The van der Waals surface area contributed by atoms with Crippen molar-refractivity contribution in [2.45, 2.75) is 33.6 Å². The fourth-order valence-corrected chi connectivity index (χ4v) is 5.51. The first-order chi connectivity index (χ1) is 19.5. The molecule has 0 atom stereocenters. The SMILES string of the molecule is CC.CC(=O)N=C(N)/C(=C/c1ccc(-c2ccc3c(c2)CCCN3c2ccccc2)s1)C(=O)Nc1ccccc1. The number of aliphatic imine (C=N–C) groups is 1. The van der Waals surface area contributed by atoms with Gasteiger partial charge in [-0.3, -0.25) is 9.59 Å². The summed E-state index contributed by atoms with van der Waals surface area (Å²) in [6.45, 7) is 6.30. The Bertz CT molecular complexity index is 1520. The average molecular weight is 551 g/mol. The number of hydrogen-bond acceptors (Lipinski definition) is 4. The molecule has 0 saturated carbocycles. The van der Waals surface area contributed by atoms with Crippen molar-refractivity contribution in [2.24, 2.45) is 10.7 Å². The monoisotopic (exact) mass is 550 g/mol. The van der Waals surface area contributed by atoms with E-state index in [0.717, 1.165) is 34.7 Å². The molecule has 7 heteroatoms. The Morgan fingerprint density at radius 1 is 0.950 bits per heavy atom. The Hall–Kier alpha value is -4.49. The molecular weight excluding hydrogens is 516 g/mol. The van der Waals surface area contributed by atoms with Crippen LogP contribution in [0, 0.1) is 0 Å². The number of carbonyl (C=O) groups excluding carboxylic acids is 2. The molecular formula is C33H34N4O2S. The molecule has 0 aliphatic carbocycles. The molecule has 2 heterocycles. The van der Waals surface area contributed by atoms with Gasteiger partial charge in [-0.2, -0.15) is 4.99 Å². The van der Waals surface area contributed by atoms with E-state index in [4.69, 9.17) is 5.73 Å². The molecule has 2 amide bonds. The van der Waals surface area contributed by atoms with Crippen LogP contribution in [0.15, 0.2) is 102 Å². The highest BCUT2D eigenvalue weighted by molar-refractivity contribution is 7.16. The van der Waals surface area contributed by atoms with Crippen LogP contribution < -0.4 is 16.0 Å². The topological polar surface area (TPSA) is 87.8 Å². The summed E-state index contributed by atoms with van der Waals surface area (Å²) in [4.78, 5) is 32.8. The summed E-state index contributed by atoms with van der Waals surface area (Å²) in [7, 11) is 0. The Labute approximate surface area is 239 Å². The summed E-state index contributed by atoms with van der Waals surface area (Å²) in [5, 5.41) is 2.83. The second kappa shape index (κ2) is 13.5. The van der Waals surface area contributed by atoms with Crippen molar-refractivity contribution >= 4 is 52.1 Å². The smallest absolute Gasteiger partial charge is 0.259 e.